The van der Waals surface area contributed by atoms with Gasteiger partial charge in [-0.3, -0.25) is 14.4 Å². The SMILES string of the molecule is O=C(c1ccccc1)c1cc(Cl)ccc1NC(=O)[C@@H]1[C@@H]2C[C@@H]3[C@@H]1C(=O)O[C@H]3C2. The maximum atomic E-state index is 13.1. The van der Waals surface area contributed by atoms with Crippen molar-refractivity contribution < 1.29 is 19.1 Å². The molecular weight excluding hydrogens is 378 g/mol. The Bertz CT molecular complexity index is 987. The van der Waals surface area contributed by atoms with Crippen molar-refractivity contribution in [2.75, 3.05) is 5.32 Å². The smallest absolute Gasteiger partial charge is 0.310 e. The molecule has 1 saturated heterocycles. The highest BCUT2D eigenvalue weighted by Gasteiger charge is 2.63. The summed E-state index contributed by atoms with van der Waals surface area (Å²) in [6, 6.07) is 13.7. The van der Waals surface area contributed by atoms with Gasteiger partial charge in [-0.05, 0) is 37.0 Å². The Hall–Kier alpha value is -2.66. The summed E-state index contributed by atoms with van der Waals surface area (Å²) in [5.74, 6) is -1.13. The third-order valence-corrected chi connectivity index (χ3v) is 6.54. The van der Waals surface area contributed by atoms with Gasteiger partial charge in [0.25, 0.3) is 0 Å². The van der Waals surface area contributed by atoms with E-state index < -0.39 is 5.92 Å². The molecule has 0 unspecified atom stereocenters. The number of halogens is 1. The van der Waals surface area contributed by atoms with Crippen LogP contribution >= 0.6 is 11.6 Å². The van der Waals surface area contributed by atoms with Crippen LogP contribution in [0, 0.1) is 23.7 Å². The zero-order valence-electron chi connectivity index (χ0n) is 14.9. The van der Waals surface area contributed by atoms with Gasteiger partial charge in [0.05, 0.1) is 17.5 Å². The minimum absolute atomic E-state index is 0.0164. The highest BCUT2D eigenvalue weighted by atomic mass is 35.5. The maximum Gasteiger partial charge on any atom is 0.310 e. The number of ether oxygens (including phenoxy) is 1. The number of esters is 1. The van der Waals surface area contributed by atoms with E-state index in [9.17, 15) is 14.4 Å². The second kappa shape index (κ2) is 6.45. The molecule has 0 radical (unpaired) electrons. The van der Waals surface area contributed by atoms with Crippen molar-refractivity contribution >= 4 is 34.9 Å². The Balaban J connectivity index is 1.44. The highest BCUT2D eigenvalue weighted by molar-refractivity contribution is 6.31. The Morgan fingerprint density at radius 1 is 1.07 bits per heavy atom. The van der Waals surface area contributed by atoms with Crippen LogP contribution in [-0.4, -0.2) is 23.8 Å². The summed E-state index contributed by atoms with van der Waals surface area (Å²) in [6.45, 7) is 0. The third-order valence-electron chi connectivity index (χ3n) is 6.31. The van der Waals surface area contributed by atoms with Crippen LogP contribution in [0.25, 0.3) is 0 Å². The quantitative estimate of drug-likeness (QED) is 0.632. The van der Waals surface area contributed by atoms with Gasteiger partial charge in [0, 0.05) is 22.1 Å². The van der Waals surface area contributed by atoms with Crippen LogP contribution in [0.2, 0.25) is 5.02 Å². The Morgan fingerprint density at radius 2 is 1.86 bits per heavy atom. The number of rotatable bonds is 4. The van der Waals surface area contributed by atoms with Crippen molar-refractivity contribution in [2.45, 2.75) is 18.9 Å². The summed E-state index contributed by atoms with van der Waals surface area (Å²) < 4.78 is 5.41. The van der Waals surface area contributed by atoms with E-state index in [1.807, 2.05) is 6.07 Å². The molecule has 28 heavy (non-hydrogen) atoms. The van der Waals surface area contributed by atoms with Crippen molar-refractivity contribution in [3.63, 3.8) is 0 Å². The lowest BCUT2D eigenvalue weighted by Crippen LogP contribution is -2.36. The van der Waals surface area contributed by atoms with Gasteiger partial charge in [0.1, 0.15) is 6.10 Å². The first kappa shape index (κ1) is 17.4. The molecule has 0 aromatic heterocycles. The number of anilines is 1. The fourth-order valence-electron chi connectivity index (χ4n) is 5.14. The fraction of sp³-hybridized carbons (Fsp3) is 0.318. The van der Waals surface area contributed by atoms with Crippen molar-refractivity contribution in [3.8, 4) is 0 Å². The summed E-state index contributed by atoms with van der Waals surface area (Å²) in [5.41, 5.74) is 1.26. The van der Waals surface area contributed by atoms with E-state index in [2.05, 4.69) is 5.32 Å². The van der Waals surface area contributed by atoms with Gasteiger partial charge in [-0.1, -0.05) is 41.9 Å². The molecule has 6 heteroatoms. The van der Waals surface area contributed by atoms with Crippen LogP contribution in [-0.2, 0) is 14.3 Å². The summed E-state index contributed by atoms with van der Waals surface area (Å²) in [5, 5.41) is 3.31. The van der Waals surface area contributed by atoms with Crippen LogP contribution in [0.5, 0.6) is 0 Å². The van der Waals surface area contributed by atoms with Crippen LogP contribution < -0.4 is 5.32 Å². The van der Waals surface area contributed by atoms with Crippen molar-refractivity contribution in [2.24, 2.45) is 23.7 Å². The topological polar surface area (TPSA) is 72.5 Å². The molecule has 2 aromatic rings. The first-order chi connectivity index (χ1) is 13.5. The van der Waals surface area contributed by atoms with Crippen molar-refractivity contribution in [1.29, 1.82) is 0 Å². The minimum Gasteiger partial charge on any atom is -0.462 e. The lowest BCUT2D eigenvalue weighted by atomic mass is 9.79. The standard InChI is InChI=1S/C22H18ClNO4/c23-13-6-7-16(14(10-13)20(25)11-4-2-1-3-5-11)24-21(26)18-12-8-15-17(9-12)28-22(27)19(15)18/h1-7,10,12,15,17-19H,8-9H2,(H,24,26)/t12-,15+,17+,18-,19+/m1/s1. The largest absolute Gasteiger partial charge is 0.462 e. The lowest BCUT2D eigenvalue weighted by molar-refractivity contribution is -0.145. The Labute approximate surface area is 167 Å². The summed E-state index contributed by atoms with van der Waals surface area (Å²) in [4.78, 5) is 38.2. The van der Waals surface area contributed by atoms with Gasteiger partial charge >= 0.3 is 5.97 Å². The first-order valence-corrected chi connectivity index (χ1v) is 9.81. The fourth-order valence-corrected chi connectivity index (χ4v) is 5.31. The molecule has 5 atom stereocenters. The van der Waals surface area contributed by atoms with E-state index in [1.165, 1.54) is 0 Å². The number of nitrogens with one attached hydrogen (secondary N) is 1. The third kappa shape index (κ3) is 2.65. The molecule has 1 amide bonds. The molecular formula is C22H18ClNO4. The molecule has 2 saturated carbocycles. The predicted octanol–water partition coefficient (Wildman–Crippen LogP) is 3.71. The van der Waals surface area contributed by atoms with Gasteiger partial charge in [0.2, 0.25) is 5.91 Å². The molecule has 2 aromatic carbocycles. The maximum absolute atomic E-state index is 13.1. The Morgan fingerprint density at radius 3 is 2.64 bits per heavy atom. The number of benzene rings is 2. The van der Waals surface area contributed by atoms with Gasteiger partial charge in [0.15, 0.2) is 5.78 Å². The van der Waals surface area contributed by atoms with Crippen LogP contribution in [0.15, 0.2) is 48.5 Å². The van der Waals surface area contributed by atoms with E-state index in [1.54, 1.807) is 42.5 Å². The van der Waals surface area contributed by atoms with Crippen LogP contribution in [0.4, 0.5) is 5.69 Å². The molecule has 3 fully saturated rings. The van der Waals surface area contributed by atoms with E-state index >= 15 is 0 Å². The molecule has 1 heterocycles. The van der Waals surface area contributed by atoms with E-state index in [4.69, 9.17) is 16.3 Å². The second-order valence-electron chi connectivity index (χ2n) is 7.80. The molecule has 0 spiro atoms. The van der Waals surface area contributed by atoms with Crippen molar-refractivity contribution in [1.82, 2.24) is 0 Å². The van der Waals surface area contributed by atoms with E-state index in [-0.39, 0.29) is 41.5 Å². The molecule has 3 aliphatic rings. The normalized spacial score (nSPS) is 29.6. The molecule has 2 aliphatic carbocycles. The van der Waals surface area contributed by atoms with Crippen LogP contribution in [0.3, 0.4) is 0 Å². The molecule has 2 bridgehead atoms. The van der Waals surface area contributed by atoms with Gasteiger partial charge in [-0.2, -0.15) is 0 Å². The second-order valence-corrected chi connectivity index (χ2v) is 8.23. The summed E-state index contributed by atoms with van der Waals surface area (Å²) in [7, 11) is 0. The number of carbonyl (C=O) groups is 3. The summed E-state index contributed by atoms with van der Waals surface area (Å²) >= 11 is 6.11. The zero-order chi connectivity index (χ0) is 19.4. The number of ketones is 1. The predicted molar refractivity (Wildman–Crippen MR) is 103 cm³/mol. The van der Waals surface area contributed by atoms with Gasteiger partial charge in [-0.25, -0.2) is 0 Å². The number of amides is 1. The minimum atomic E-state index is -0.397. The summed E-state index contributed by atoms with van der Waals surface area (Å²) in [6.07, 6.45) is 1.59. The number of carbonyl (C=O) groups excluding carboxylic acids is 3. The monoisotopic (exact) mass is 395 g/mol. The molecule has 1 N–H and O–H groups in total. The number of hydrogen-bond donors (Lipinski definition) is 1. The molecule has 5 rings (SSSR count). The van der Waals surface area contributed by atoms with Crippen molar-refractivity contribution in [3.05, 3.63) is 64.7 Å². The average Bonchev–Trinajstić information content (AvgIpc) is 3.32. The average molecular weight is 396 g/mol. The zero-order valence-corrected chi connectivity index (χ0v) is 15.7. The van der Waals surface area contributed by atoms with E-state index in [0.29, 0.717) is 21.8 Å². The highest BCUT2D eigenvalue weighted by Crippen LogP contribution is 2.57. The Kier molecular flexibility index (Phi) is 4.02. The number of fused-ring (bicyclic) bond motifs is 1. The van der Waals surface area contributed by atoms with Gasteiger partial charge < -0.3 is 10.1 Å². The van der Waals surface area contributed by atoms with E-state index in [0.717, 1.165) is 12.8 Å². The van der Waals surface area contributed by atoms with Crippen LogP contribution in [0.1, 0.15) is 28.8 Å². The lowest BCUT2D eigenvalue weighted by Gasteiger charge is -2.24. The molecule has 142 valence electrons. The first-order valence-electron chi connectivity index (χ1n) is 9.43. The molecule has 1 aliphatic heterocycles. The molecule has 5 nitrogen and oxygen atoms in total. The number of hydrogen-bond acceptors (Lipinski definition) is 4. The van der Waals surface area contributed by atoms with Gasteiger partial charge in [-0.15, -0.1) is 0 Å².